The number of aliphatic carboxylic acids is 1. The topological polar surface area (TPSA) is 92.7 Å². The van der Waals surface area contributed by atoms with Gasteiger partial charge in [-0.1, -0.05) is 77.4 Å². The number of carbonyl (C=O) groups excluding carboxylic acids is 2. The summed E-state index contributed by atoms with van der Waals surface area (Å²) in [4.78, 5) is 34.1. The van der Waals surface area contributed by atoms with Gasteiger partial charge in [0.05, 0.1) is 0 Å². The molecule has 34 heavy (non-hydrogen) atoms. The predicted octanol–water partition coefficient (Wildman–Crippen LogP) is 7.11. The smallest absolute Gasteiger partial charge is 0.322 e. The van der Waals surface area contributed by atoms with Crippen LogP contribution in [0.4, 0.5) is 0 Å². The molecule has 6 heteroatoms. The Morgan fingerprint density at radius 1 is 0.735 bits per heavy atom. The Hall–Kier alpha value is -1.85. The van der Waals surface area contributed by atoms with Gasteiger partial charge in [-0.05, 0) is 57.8 Å². The third kappa shape index (κ3) is 23.3. The van der Waals surface area contributed by atoms with E-state index in [-0.39, 0.29) is 24.5 Å². The fourth-order valence-electron chi connectivity index (χ4n) is 3.91. The molecule has 1 unspecified atom stereocenters. The van der Waals surface area contributed by atoms with E-state index in [1.807, 2.05) is 0 Å². The van der Waals surface area contributed by atoms with Crippen LogP contribution >= 0.6 is 0 Å². The normalized spacial score (nSPS) is 12.1. The Morgan fingerprint density at radius 2 is 1.32 bits per heavy atom. The first-order valence-electron chi connectivity index (χ1n) is 13.8. The van der Waals surface area contributed by atoms with E-state index in [1.54, 1.807) is 0 Å². The number of hydrogen-bond donors (Lipinski definition) is 2. The molecular formula is C28H51NO5. The molecule has 0 saturated carbocycles. The minimum Gasteiger partial charge on any atom is -0.480 e. The fourth-order valence-corrected chi connectivity index (χ4v) is 3.91. The zero-order valence-corrected chi connectivity index (χ0v) is 22.0. The highest BCUT2D eigenvalue weighted by atomic mass is 16.5. The molecule has 0 aliphatic carbocycles. The lowest BCUT2D eigenvalue weighted by atomic mass is 10.1. The standard InChI is InChI=1S/C28H51NO5/c1-3-5-6-7-8-9-10-11-12-13-14-15-19-23-28(33)34-25(20-4-2)21-17-16-18-22-26(30)29-24-27(31)32/h9-10,25H,3-8,11-24H2,1-2H3,(H,29,30)(H,31,32)/b10-9-. The first-order valence-corrected chi connectivity index (χ1v) is 13.8. The summed E-state index contributed by atoms with van der Waals surface area (Å²) in [6.45, 7) is 4.01. The van der Waals surface area contributed by atoms with Gasteiger partial charge in [0.15, 0.2) is 0 Å². The second-order valence-corrected chi connectivity index (χ2v) is 9.30. The summed E-state index contributed by atoms with van der Waals surface area (Å²) >= 11 is 0. The van der Waals surface area contributed by atoms with Crippen LogP contribution in [0, 0.1) is 0 Å². The molecule has 0 radical (unpaired) electrons. The number of unbranched alkanes of at least 4 members (excludes halogenated alkanes) is 11. The molecule has 0 spiro atoms. The van der Waals surface area contributed by atoms with E-state index in [0.29, 0.717) is 19.3 Å². The van der Waals surface area contributed by atoms with Crippen LogP contribution in [0.15, 0.2) is 12.2 Å². The number of esters is 1. The molecule has 1 amide bonds. The lowest BCUT2D eigenvalue weighted by molar-refractivity contribution is -0.150. The minimum atomic E-state index is -1.03. The average Bonchev–Trinajstić information content (AvgIpc) is 2.80. The Kier molecular flexibility index (Phi) is 23.0. The number of amides is 1. The van der Waals surface area contributed by atoms with Gasteiger partial charge in [-0.15, -0.1) is 0 Å². The van der Waals surface area contributed by atoms with Crippen LogP contribution < -0.4 is 5.32 Å². The second kappa shape index (κ2) is 24.3. The monoisotopic (exact) mass is 481 g/mol. The Bertz CT molecular complexity index is 547. The molecule has 1 atom stereocenters. The summed E-state index contributed by atoms with van der Waals surface area (Å²) in [5.41, 5.74) is 0. The maximum Gasteiger partial charge on any atom is 0.322 e. The van der Waals surface area contributed by atoms with Gasteiger partial charge in [-0.25, -0.2) is 0 Å². The molecule has 2 N–H and O–H groups in total. The van der Waals surface area contributed by atoms with Crippen molar-refractivity contribution in [2.24, 2.45) is 0 Å². The lowest BCUT2D eigenvalue weighted by Gasteiger charge is -2.17. The number of ether oxygens (including phenoxy) is 1. The van der Waals surface area contributed by atoms with Gasteiger partial charge < -0.3 is 15.2 Å². The molecule has 198 valence electrons. The zero-order valence-electron chi connectivity index (χ0n) is 22.0. The lowest BCUT2D eigenvalue weighted by Crippen LogP contribution is -2.28. The van der Waals surface area contributed by atoms with E-state index >= 15 is 0 Å². The number of carboxylic acids is 1. The van der Waals surface area contributed by atoms with E-state index in [1.165, 1.54) is 57.8 Å². The van der Waals surface area contributed by atoms with E-state index in [0.717, 1.165) is 44.9 Å². The minimum absolute atomic E-state index is 0.0351. The number of nitrogens with one attached hydrogen (secondary N) is 1. The number of rotatable bonds is 24. The van der Waals surface area contributed by atoms with Crippen LogP contribution in [-0.4, -0.2) is 35.6 Å². The summed E-state index contributed by atoms with van der Waals surface area (Å²) in [5.74, 6) is -1.35. The molecule has 0 bridgehead atoms. The number of carbonyl (C=O) groups is 3. The quantitative estimate of drug-likeness (QED) is 0.0870. The molecule has 6 nitrogen and oxygen atoms in total. The Morgan fingerprint density at radius 3 is 1.97 bits per heavy atom. The van der Waals surface area contributed by atoms with Crippen molar-refractivity contribution in [3.8, 4) is 0 Å². The van der Waals surface area contributed by atoms with Gasteiger partial charge >= 0.3 is 11.9 Å². The van der Waals surface area contributed by atoms with Gasteiger partial charge in [0.1, 0.15) is 12.6 Å². The Balaban J connectivity index is 3.71. The van der Waals surface area contributed by atoms with Crippen LogP contribution in [0.3, 0.4) is 0 Å². The first kappa shape index (κ1) is 32.1. The second-order valence-electron chi connectivity index (χ2n) is 9.30. The van der Waals surface area contributed by atoms with Crippen molar-refractivity contribution in [1.29, 1.82) is 0 Å². The molecule has 0 aromatic carbocycles. The number of hydrogen-bond acceptors (Lipinski definition) is 4. The van der Waals surface area contributed by atoms with E-state index < -0.39 is 5.97 Å². The molecule has 0 rings (SSSR count). The van der Waals surface area contributed by atoms with Crippen molar-refractivity contribution >= 4 is 17.8 Å². The van der Waals surface area contributed by atoms with Gasteiger partial charge in [-0.2, -0.15) is 0 Å². The molecular weight excluding hydrogens is 430 g/mol. The largest absolute Gasteiger partial charge is 0.480 e. The van der Waals surface area contributed by atoms with Gasteiger partial charge in [0.2, 0.25) is 5.91 Å². The molecule has 0 aromatic heterocycles. The summed E-state index contributed by atoms with van der Waals surface area (Å²) < 4.78 is 5.70. The maximum atomic E-state index is 12.2. The molecule has 0 aliphatic heterocycles. The van der Waals surface area contributed by atoms with Crippen molar-refractivity contribution < 1.29 is 24.2 Å². The highest BCUT2D eigenvalue weighted by Gasteiger charge is 2.13. The van der Waals surface area contributed by atoms with Gasteiger partial charge in [-0.3, -0.25) is 14.4 Å². The SMILES string of the molecule is CCCCCC/C=C\CCCCCCCC(=O)OC(CCC)CCCCCC(=O)NCC(=O)O. The molecule has 0 fully saturated rings. The van der Waals surface area contributed by atoms with Crippen molar-refractivity contribution in [3.63, 3.8) is 0 Å². The zero-order chi connectivity index (χ0) is 25.3. The van der Waals surface area contributed by atoms with E-state index in [4.69, 9.17) is 9.84 Å². The summed E-state index contributed by atoms with van der Waals surface area (Å²) in [6, 6.07) is 0. The molecule has 0 heterocycles. The van der Waals surface area contributed by atoms with Crippen molar-refractivity contribution in [1.82, 2.24) is 5.32 Å². The molecule has 0 saturated heterocycles. The van der Waals surface area contributed by atoms with E-state index in [2.05, 4.69) is 31.3 Å². The highest BCUT2D eigenvalue weighted by molar-refractivity contribution is 5.80. The average molecular weight is 482 g/mol. The van der Waals surface area contributed by atoms with Crippen LogP contribution in [0.5, 0.6) is 0 Å². The van der Waals surface area contributed by atoms with Crippen molar-refractivity contribution in [3.05, 3.63) is 12.2 Å². The van der Waals surface area contributed by atoms with Crippen LogP contribution in [0.1, 0.15) is 136 Å². The highest BCUT2D eigenvalue weighted by Crippen LogP contribution is 2.15. The van der Waals surface area contributed by atoms with Crippen molar-refractivity contribution in [2.75, 3.05) is 6.54 Å². The third-order valence-electron chi connectivity index (χ3n) is 5.92. The predicted molar refractivity (Wildman–Crippen MR) is 139 cm³/mol. The number of carboxylic acid groups (broad SMARTS) is 1. The van der Waals surface area contributed by atoms with Gasteiger partial charge in [0.25, 0.3) is 0 Å². The third-order valence-corrected chi connectivity index (χ3v) is 5.92. The molecule has 0 aliphatic rings. The van der Waals surface area contributed by atoms with Crippen LogP contribution in [0.2, 0.25) is 0 Å². The first-order chi connectivity index (χ1) is 16.5. The number of allylic oxidation sites excluding steroid dienone is 2. The summed E-state index contributed by atoms with van der Waals surface area (Å²) in [7, 11) is 0. The van der Waals surface area contributed by atoms with Crippen LogP contribution in [-0.2, 0) is 19.1 Å². The summed E-state index contributed by atoms with van der Waals surface area (Å²) in [5, 5.41) is 10.9. The fraction of sp³-hybridized carbons (Fsp3) is 0.821. The summed E-state index contributed by atoms with van der Waals surface area (Å²) in [6.07, 6.45) is 23.9. The maximum absolute atomic E-state index is 12.2. The van der Waals surface area contributed by atoms with Gasteiger partial charge in [0, 0.05) is 12.8 Å². The van der Waals surface area contributed by atoms with E-state index in [9.17, 15) is 14.4 Å². The Labute approximate surface area is 208 Å². The van der Waals surface area contributed by atoms with Crippen LogP contribution in [0.25, 0.3) is 0 Å². The molecule has 0 aromatic rings. The van der Waals surface area contributed by atoms with Crippen molar-refractivity contribution in [2.45, 2.75) is 142 Å².